The lowest BCUT2D eigenvalue weighted by atomic mass is 10.1. The molecule has 3 rings (SSSR count). The zero-order chi connectivity index (χ0) is 25.7. The maximum absolute atomic E-state index is 13.2. The number of hydrogen-bond acceptors (Lipinski definition) is 6. The SMILES string of the molecule is CCN(CC)c1ccc(NC(=O)CN2C(=O)C=C(CC(=O)OC)Nc3cc(C)c(C)cc32)c(C)c1. The first-order chi connectivity index (χ1) is 16.7. The van der Waals surface area contributed by atoms with Gasteiger partial charge in [-0.2, -0.15) is 0 Å². The number of hydrogen-bond donors (Lipinski definition) is 2. The van der Waals surface area contributed by atoms with Gasteiger partial charge in [0.1, 0.15) is 6.54 Å². The summed E-state index contributed by atoms with van der Waals surface area (Å²) in [4.78, 5) is 41.7. The van der Waals surface area contributed by atoms with Crippen LogP contribution >= 0.6 is 0 Å². The number of nitrogens with one attached hydrogen (secondary N) is 2. The van der Waals surface area contributed by atoms with E-state index in [1.807, 2.05) is 51.1 Å². The third-order valence-electron chi connectivity index (χ3n) is 6.24. The Morgan fingerprint density at radius 2 is 1.71 bits per heavy atom. The van der Waals surface area contributed by atoms with Crippen molar-refractivity contribution in [2.45, 2.75) is 41.0 Å². The molecule has 0 radical (unpaired) electrons. The highest BCUT2D eigenvalue weighted by Crippen LogP contribution is 2.33. The summed E-state index contributed by atoms with van der Waals surface area (Å²) in [6, 6.07) is 9.71. The monoisotopic (exact) mass is 478 g/mol. The molecule has 0 unspecified atom stereocenters. The number of nitrogens with zero attached hydrogens (tertiary/aromatic N) is 2. The van der Waals surface area contributed by atoms with Gasteiger partial charge >= 0.3 is 5.97 Å². The Morgan fingerprint density at radius 1 is 1.03 bits per heavy atom. The van der Waals surface area contributed by atoms with Crippen LogP contribution in [0.4, 0.5) is 22.7 Å². The standard InChI is InChI=1S/C27H34N4O4/c1-7-30(8-2)21-9-10-22(19(5)11-21)29-25(32)16-31-24-13-18(4)17(3)12-23(24)28-20(14-26(31)33)15-27(34)35-6/h9-14,28H,7-8,15-16H2,1-6H3,(H,29,32). The van der Waals surface area contributed by atoms with E-state index in [-0.39, 0.29) is 24.8 Å². The molecule has 0 fully saturated rings. The molecular formula is C27H34N4O4. The van der Waals surface area contributed by atoms with E-state index < -0.39 is 5.97 Å². The molecule has 0 aromatic heterocycles. The summed E-state index contributed by atoms with van der Waals surface area (Å²) in [5.41, 5.74) is 6.41. The predicted octanol–water partition coefficient (Wildman–Crippen LogP) is 4.30. The molecule has 35 heavy (non-hydrogen) atoms. The Labute approximate surface area is 206 Å². The van der Waals surface area contributed by atoms with Crippen LogP contribution in [0.2, 0.25) is 0 Å². The molecule has 1 heterocycles. The van der Waals surface area contributed by atoms with Crippen LogP contribution in [-0.4, -0.2) is 44.5 Å². The van der Waals surface area contributed by atoms with Crippen molar-refractivity contribution in [1.82, 2.24) is 0 Å². The van der Waals surface area contributed by atoms with Crippen molar-refractivity contribution in [3.8, 4) is 0 Å². The molecule has 8 heteroatoms. The first-order valence-electron chi connectivity index (χ1n) is 11.8. The summed E-state index contributed by atoms with van der Waals surface area (Å²) in [7, 11) is 1.30. The average molecular weight is 479 g/mol. The molecule has 2 aromatic rings. The zero-order valence-electron chi connectivity index (χ0n) is 21.3. The number of fused-ring (bicyclic) bond motifs is 1. The van der Waals surface area contributed by atoms with Gasteiger partial charge < -0.3 is 20.3 Å². The van der Waals surface area contributed by atoms with Crippen LogP contribution in [0.1, 0.15) is 37.0 Å². The first-order valence-corrected chi connectivity index (χ1v) is 11.8. The second-order valence-corrected chi connectivity index (χ2v) is 8.65. The fourth-order valence-corrected chi connectivity index (χ4v) is 4.07. The highest BCUT2D eigenvalue weighted by Gasteiger charge is 2.26. The van der Waals surface area contributed by atoms with Gasteiger partial charge in [-0.05, 0) is 81.6 Å². The third kappa shape index (κ3) is 6.01. The van der Waals surface area contributed by atoms with Crippen molar-refractivity contribution in [3.63, 3.8) is 0 Å². The molecule has 186 valence electrons. The van der Waals surface area contributed by atoms with Crippen molar-refractivity contribution < 1.29 is 19.1 Å². The topological polar surface area (TPSA) is 91.0 Å². The van der Waals surface area contributed by atoms with E-state index in [4.69, 9.17) is 4.74 Å². The fourth-order valence-electron chi connectivity index (χ4n) is 4.07. The summed E-state index contributed by atoms with van der Waals surface area (Å²) in [5, 5.41) is 6.12. The Balaban J connectivity index is 1.87. The Morgan fingerprint density at radius 3 is 2.34 bits per heavy atom. The number of ether oxygens (including phenoxy) is 1. The van der Waals surface area contributed by atoms with E-state index >= 15 is 0 Å². The summed E-state index contributed by atoms with van der Waals surface area (Å²) >= 11 is 0. The molecule has 1 aliphatic heterocycles. The van der Waals surface area contributed by atoms with Crippen molar-refractivity contribution in [2.24, 2.45) is 0 Å². The zero-order valence-corrected chi connectivity index (χ0v) is 21.3. The van der Waals surface area contributed by atoms with E-state index in [1.165, 1.54) is 18.1 Å². The fraction of sp³-hybridized carbons (Fsp3) is 0.370. The summed E-state index contributed by atoms with van der Waals surface area (Å²) in [6.45, 7) is 11.7. The molecule has 0 spiro atoms. The van der Waals surface area contributed by atoms with E-state index in [0.717, 1.165) is 35.5 Å². The number of carbonyl (C=O) groups is 3. The van der Waals surface area contributed by atoms with Crippen LogP contribution in [0.3, 0.4) is 0 Å². The number of amides is 2. The second kappa shape index (κ2) is 11.1. The number of carbonyl (C=O) groups excluding carboxylic acids is 3. The number of esters is 1. The smallest absolute Gasteiger partial charge is 0.311 e. The van der Waals surface area contributed by atoms with Gasteiger partial charge in [0.25, 0.3) is 5.91 Å². The molecule has 2 aromatic carbocycles. The van der Waals surface area contributed by atoms with Crippen LogP contribution in [0.5, 0.6) is 0 Å². The van der Waals surface area contributed by atoms with Crippen molar-refractivity contribution in [2.75, 3.05) is 47.2 Å². The third-order valence-corrected chi connectivity index (χ3v) is 6.24. The average Bonchev–Trinajstić information content (AvgIpc) is 2.93. The van der Waals surface area contributed by atoms with E-state index in [1.54, 1.807) is 0 Å². The lowest BCUT2D eigenvalue weighted by Gasteiger charge is -2.24. The van der Waals surface area contributed by atoms with Gasteiger partial charge in [-0.15, -0.1) is 0 Å². The molecular weight excluding hydrogens is 444 g/mol. The molecule has 0 atom stereocenters. The van der Waals surface area contributed by atoms with Gasteiger partial charge in [0, 0.05) is 36.2 Å². The first kappa shape index (κ1) is 25.8. The van der Waals surface area contributed by atoms with Crippen LogP contribution in [0.15, 0.2) is 42.1 Å². The van der Waals surface area contributed by atoms with E-state index in [0.29, 0.717) is 22.8 Å². The number of anilines is 4. The minimum atomic E-state index is -0.461. The Bertz CT molecular complexity index is 1170. The number of benzene rings is 2. The van der Waals surface area contributed by atoms with Gasteiger partial charge in [-0.3, -0.25) is 19.3 Å². The Hall–Kier alpha value is -3.81. The van der Waals surface area contributed by atoms with Gasteiger partial charge in [0.15, 0.2) is 0 Å². The van der Waals surface area contributed by atoms with Crippen LogP contribution in [-0.2, 0) is 19.1 Å². The molecule has 8 nitrogen and oxygen atoms in total. The molecule has 0 aliphatic carbocycles. The minimum absolute atomic E-state index is 0.0767. The normalized spacial score (nSPS) is 12.8. The van der Waals surface area contributed by atoms with Gasteiger partial charge in [-0.25, -0.2) is 0 Å². The molecule has 0 saturated heterocycles. The maximum atomic E-state index is 13.2. The van der Waals surface area contributed by atoms with Gasteiger partial charge in [-0.1, -0.05) is 0 Å². The van der Waals surface area contributed by atoms with Gasteiger partial charge in [0.2, 0.25) is 5.91 Å². The molecule has 2 N–H and O–H groups in total. The number of aryl methyl sites for hydroxylation is 3. The summed E-state index contributed by atoms with van der Waals surface area (Å²) in [5.74, 6) is -1.16. The van der Waals surface area contributed by atoms with E-state index in [9.17, 15) is 14.4 Å². The van der Waals surface area contributed by atoms with Gasteiger partial charge in [0.05, 0.1) is 24.9 Å². The van der Waals surface area contributed by atoms with Crippen LogP contribution in [0.25, 0.3) is 0 Å². The maximum Gasteiger partial charge on any atom is 0.311 e. The summed E-state index contributed by atoms with van der Waals surface area (Å²) < 4.78 is 4.75. The van der Waals surface area contributed by atoms with Crippen LogP contribution in [0, 0.1) is 20.8 Å². The highest BCUT2D eigenvalue weighted by atomic mass is 16.5. The largest absolute Gasteiger partial charge is 0.469 e. The highest BCUT2D eigenvalue weighted by molar-refractivity contribution is 6.10. The molecule has 0 saturated carbocycles. The minimum Gasteiger partial charge on any atom is -0.469 e. The number of rotatable bonds is 8. The van der Waals surface area contributed by atoms with E-state index in [2.05, 4.69) is 29.4 Å². The molecule has 1 aliphatic rings. The summed E-state index contributed by atoms with van der Waals surface area (Å²) in [6.07, 6.45) is 1.27. The lowest BCUT2D eigenvalue weighted by molar-refractivity contribution is -0.139. The predicted molar refractivity (Wildman–Crippen MR) is 140 cm³/mol. The second-order valence-electron chi connectivity index (χ2n) is 8.65. The van der Waals surface area contributed by atoms with Crippen molar-refractivity contribution in [1.29, 1.82) is 0 Å². The number of methoxy groups -OCH3 is 1. The Kier molecular flexibility index (Phi) is 8.17. The lowest BCUT2D eigenvalue weighted by Crippen LogP contribution is -2.37. The quantitative estimate of drug-likeness (QED) is 0.550. The van der Waals surface area contributed by atoms with Crippen LogP contribution < -0.4 is 20.4 Å². The van der Waals surface area contributed by atoms with Crippen molar-refractivity contribution in [3.05, 3.63) is 58.8 Å². The molecule has 0 bridgehead atoms. The molecule has 2 amide bonds. The van der Waals surface area contributed by atoms with Crippen molar-refractivity contribution >= 4 is 40.5 Å².